The second-order valence-corrected chi connectivity index (χ2v) is 7.27. The maximum Gasteiger partial charge on any atom is 0.330 e. The molecule has 0 saturated heterocycles. The second kappa shape index (κ2) is 11.6. The molecule has 0 N–H and O–H groups in total. The van der Waals surface area contributed by atoms with E-state index in [2.05, 4.69) is 19.7 Å². The molecule has 32 heavy (non-hydrogen) atoms. The Labute approximate surface area is 189 Å². The van der Waals surface area contributed by atoms with Gasteiger partial charge in [0, 0.05) is 23.3 Å². The van der Waals surface area contributed by atoms with Crippen molar-refractivity contribution in [3.63, 3.8) is 0 Å². The molecule has 166 valence electrons. The summed E-state index contributed by atoms with van der Waals surface area (Å²) in [6, 6.07) is 11.8. The molecule has 6 heteroatoms. The lowest BCUT2D eigenvalue weighted by Gasteiger charge is -2.08. The summed E-state index contributed by atoms with van der Waals surface area (Å²) in [7, 11) is 2.68. The Balaban J connectivity index is 2.42. The van der Waals surface area contributed by atoms with Gasteiger partial charge in [-0.3, -0.25) is 0 Å². The van der Waals surface area contributed by atoms with Crippen molar-refractivity contribution in [2.45, 2.75) is 27.7 Å². The molecule has 0 radical (unpaired) electrons. The highest BCUT2D eigenvalue weighted by Gasteiger charge is 2.07. The largest absolute Gasteiger partial charge is 0.466 e. The molecule has 0 unspecified atom stereocenters. The Bertz CT molecular complexity index is 1040. The maximum absolute atomic E-state index is 11.5. The molecular weight excluding hydrogens is 404 g/mol. The van der Waals surface area contributed by atoms with Gasteiger partial charge in [0.2, 0.25) is 0 Å². The van der Waals surface area contributed by atoms with Crippen LogP contribution in [-0.2, 0) is 19.1 Å². The first-order valence-corrected chi connectivity index (χ1v) is 10.1. The van der Waals surface area contributed by atoms with E-state index in [1.165, 1.54) is 26.4 Å². The van der Waals surface area contributed by atoms with E-state index < -0.39 is 11.9 Å². The van der Waals surface area contributed by atoms with Gasteiger partial charge in [0.1, 0.15) is 0 Å². The van der Waals surface area contributed by atoms with E-state index in [0.29, 0.717) is 11.4 Å². The topological polar surface area (TPSA) is 77.3 Å². The lowest BCUT2D eigenvalue weighted by Crippen LogP contribution is -2.02. The van der Waals surface area contributed by atoms with E-state index in [-0.39, 0.29) is 0 Å². The van der Waals surface area contributed by atoms with Crippen molar-refractivity contribution in [1.29, 1.82) is 0 Å². The van der Waals surface area contributed by atoms with Crippen molar-refractivity contribution in [3.8, 4) is 0 Å². The molecular formula is C26H28N2O4. The number of methoxy groups -OCH3 is 2. The van der Waals surface area contributed by atoms with E-state index in [9.17, 15) is 9.59 Å². The summed E-state index contributed by atoms with van der Waals surface area (Å²) < 4.78 is 9.36. The summed E-state index contributed by atoms with van der Waals surface area (Å²) in [6.45, 7) is 7.69. The molecule has 0 aliphatic rings. The average Bonchev–Trinajstić information content (AvgIpc) is 2.79. The van der Waals surface area contributed by atoms with E-state index >= 15 is 0 Å². The van der Waals surface area contributed by atoms with Gasteiger partial charge in [-0.15, -0.1) is 0 Å². The monoisotopic (exact) mass is 432 g/mol. The summed E-state index contributed by atoms with van der Waals surface area (Å²) >= 11 is 0. The van der Waals surface area contributed by atoms with Crippen LogP contribution in [0.15, 0.2) is 58.8 Å². The maximum atomic E-state index is 11.5. The first-order valence-electron chi connectivity index (χ1n) is 10.1. The number of hydrogen-bond acceptors (Lipinski definition) is 6. The third-order valence-corrected chi connectivity index (χ3v) is 4.74. The van der Waals surface area contributed by atoms with Gasteiger partial charge in [-0.25, -0.2) is 9.59 Å². The van der Waals surface area contributed by atoms with Crippen LogP contribution in [0.25, 0.3) is 12.2 Å². The van der Waals surface area contributed by atoms with Crippen LogP contribution >= 0.6 is 0 Å². The molecule has 2 rings (SSSR count). The lowest BCUT2D eigenvalue weighted by molar-refractivity contribution is -0.135. The van der Waals surface area contributed by atoms with Crippen LogP contribution in [-0.4, -0.2) is 37.6 Å². The SMILES string of the molecule is COC(=O)/C=C/c1cc(C)ccc1/C(C)=N/N=C(\C)c1ccc(C)cc1/C=C/C(=O)OC. The quantitative estimate of drug-likeness (QED) is 0.270. The van der Waals surface area contributed by atoms with Crippen molar-refractivity contribution < 1.29 is 19.1 Å². The number of nitrogens with zero attached hydrogens (tertiary/aromatic N) is 2. The van der Waals surface area contributed by atoms with Crippen LogP contribution < -0.4 is 0 Å². The molecule has 0 bridgehead atoms. The van der Waals surface area contributed by atoms with E-state index in [1.807, 2.05) is 64.1 Å². The van der Waals surface area contributed by atoms with Gasteiger partial charge in [0.15, 0.2) is 0 Å². The zero-order valence-corrected chi connectivity index (χ0v) is 19.3. The van der Waals surface area contributed by atoms with Gasteiger partial charge in [-0.2, -0.15) is 10.2 Å². The lowest BCUT2D eigenvalue weighted by atomic mass is 10.0. The van der Waals surface area contributed by atoms with Crippen molar-refractivity contribution >= 4 is 35.5 Å². The molecule has 0 spiro atoms. The van der Waals surface area contributed by atoms with Crippen LogP contribution in [0.1, 0.15) is 47.2 Å². The number of aryl methyl sites for hydroxylation is 2. The third kappa shape index (κ3) is 6.87. The second-order valence-electron chi connectivity index (χ2n) is 7.27. The number of ether oxygens (including phenoxy) is 2. The molecule has 0 atom stereocenters. The van der Waals surface area contributed by atoms with Crippen LogP contribution in [0.4, 0.5) is 0 Å². The summed E-state index contributed by atoms with van der Waals surface area (Å²) in [5.74, 6) is -0.847. The Morgan fingerprint density at radius 3 is 1.44 bits per heavy atom. The first kappa shape index (κ1) is 24.5. The molecule has 6 nitrogen and oxygen atoms in total. The van der Waals surface area contributed by atoms with Crippen LogP contribution in [0.2, 0.25) is 0 Å². The van der Waals surface area contributed by atoms with Gasteiger partial charge in [-0.1, -0.05) is 47.5 Å². The number of benzene rings is 2. The zero-order valence-electron chi connectivity index (χ0n) is 19.3. The Hall–Kier alpha value is -3.80. The smallest absolute Gasteiger partial charge is 0.330 e. The molecule has 2 aromatic rings. The van der Waals surface area contributed by atoms with Crippen molar-refractivity contribution in [3.05, 3.63) is 81.9 Å². The standard InChI is InChI=1S/C26H28N2O4/c1-17-7-11-23(21(15-17)9-13-25(29)31-5)19(3)27-28-20(4)24-12-8-18(2)16-22(24)10-14-26(30)32-6/h7-16H,1-6H3/b13-9+,14-10+,27-19+,28-20+. The Morgan fingerprint density at radius 2 is 1.09 bits per heavy atom. The van der Waals surface area contributed by atoms with Crippen LogP contribution in [0.5, 0.6) is 0 Å². The summed E-state index contributed by atoms with van der Waals surface area (Å²) in [5.41, 5.74) is 6.95. The molecule has 0 saturated carbocycles. The molecule has 2 aromatic carbocycles. The van der Waals surface area contributed by atoms with E-state index in [1.54, 1.807) is 12.2 Å². The van der Waals surface area contributed by atoms with Crippen molar-refractivity contribution in [2.75, 3.05) is 14.2 Å². The fourth-order valence-corrected chi connectivity index (χ4v) is 3.01. The molecule has 0 heterocycles. The van der Waals surface area contributed by atoms with E-state index in [0.717, 1.165) is 33.4 Å². The summed E-state index contributed by atoms with van der Waals surface area (Å²) in [4.78, 5) is 23.0. The average molecular weight is 433 g/mol. The number of rotatable bonds is 7. The van der Waals surface area contributed by atoms with Gasteiger partial charge in [0.25, 0.3) is 0 Å². The number of esters is 2. The fraction of sp³-hybridized carbons (Fsp3) is 0.231. The van der Waals surface area contributed by atoms with Gasteiger partial charge in [0.05, 0.1) is 25.6 Å². The highest BCUT2D eigenvalue weighted by molar-refractivity contribution is 6.05. The predicted octanol–water partition coefficient (Wildman–Crippen LogP) is 4.91. The third-order valence-electron chi connectivity index (χ3n) is 4.74. The molecule has 0 aromatic heterocycles. The minimum absolute atomic E-state index is 0.423. The van der Waals surface area contributed by atoms with Crippen LogP contribution in [0, 0.1) is 13.8 Å². The molecule has 0 aliphatic carbocycles. The Kier molecular flexibility index (Phi) is 8.83. The number of carbonyl (C=O) groups is 2. The normalized spacial score (nSPS) is 12.4. The predicted molar refractivity (Wildman–Crippen MR) is 129 cm³/mol. The van der Waals surface area contributed by atoms with Gasteiger partial charge < -0.3 is 9.47 Å². The van der Waals surface area contributed by atoms with Gasteiger partial charge >= 0.3 is 11.9 Å². The summed E-state index contributed by atoms with van der Waals surface area (Å²) in [5, 5.41) is 8.84. The number of hydrogen-bond donors (Lipinski definition) is 0. The van der Waals surface area contributed by atoms with Gasteiger partial charge in [-0.05, 0) is 51.0 Å². The zero-order chi connectivity index (χ0) is 23.7. The molecule has 0 fully saturated rings. The van der Waals surface area contributed by atoms with Crippen molar-refractivity contribution in [2.24, 2.45) is 10.2 Å². The van der Waals surface area contributed by atoms with Crippen LogP contribution in [0.3, 0.4) is 0 Å². The minimum atomic E-state index is -0.423. The Morgan fingerprint density at radius 1 is 0.719 bits per heavy atom. The highest BCUT2D eigenvalue weighted by atomic mass is 16.5. The first-order chi connectivity index (χ1) is 15.2. The molecule has 0 amide bonds. The molecule has 0 aliphatic heterocycles. The highest BCUT2D eigenvalue weighted by Crippen LogP contribution is 2.17. The summed E-state index contributed by atoms with van der Waals surface area (Å²) in [6.07, 6.45) is 6.18. The minimum Gasteiger partial charge on any atom is -0.466 e. The van der Waals surface area contributed by atoms with E-state index in [4.69, 9.17) is 0 Å². The van der Waals surface area contributed by atoms with Crippen molar-refractivity contribution in [1.82, 2.24) is 0 Å². The number of carbonyl (C=O) groups excluding carboxylic acids is 2. The fourth-order valence-electron chi connectivity index (χ4n) is 3.01.